The number of hydrogen-bond donors (Lipinski definition) is 1. The van der Waals surface area contributed by atoms with Gasteiger partial charge < -0.3 is 14.6 Å². The quantitative estimate of drug-likeness (QED) is 0.896. The van der Waals surface area contributed by atoms with E-state index in [2.05, 4.69) is 22.9 Å². The summed E-state index contributed by atoms with van der Waals surface area (Å²) in [5, 5.41) is 3.21. The van der Waals surface area contributed by atoms with Crippen molar-refractivity contribution in [1.29, 1.82) is 0 Å². The third-order valence-corrected chi connectivity index (χ3v) is 3.31. The van der Waals surface area contributed by atoms with Crippen molar-refractivity contribution in [1.82, 2.24) is 9.88 Å². The first-order valence-corrected chi connectivity index (χ1v) is 6.30. The van der Waals surface area contributed by atoms with Gasteiger partial charge in [0.25, 0.3) is 0 Å². The van der Waals surface area contributed by atoms with Crippen LogP contribution in [0.4, 0.5) is 4.39 Å². The van der Waals surface area contributed by atoms with E-state index in [1.165, 1.54) is 18.9 Å². The molecule has 102 valence electrons. The lowest BCUT2D eigenvalue weighted by Crippen LogP contribution is -2.16. The van der Waals surface area contributed by atoms with E-state index >= 15 is 0 Å². The van der Waals surface area contributed by atoms with E-state index in [0.29, 0.717) is 6.54 Å². The summed E-state index contributed by atoms with van der Waals surface area (Å²) >= 11 is 0. The average molecular weight is 262 g/mol. The Hall–Kier alpha value is -1.81. The number of halogens is 1. The molecular formula is C15H19FN2O. The molecule has 0 saturated heterocycles. The maximum Gasteiger partial charge on any atom is 0.165 e. The Balaban J connectivity index is 2.22. The van der Waals surface area contributed by atoms with Crippen molar-refractivity contribution < 1.29 is 9.13 Å². The molecule has 1 heterocycles. The maximum atomic E-state index is 13.7. The van der Waals surface area contributed by atoms with Gasteiger partial charge in [-0.3, -0.25) is 0 Å². The molecule has 1 aromatic carbocycles. The molecular weight excluding hydrogens is 243 g/mol. The van der Waals surface area contributed by atoms with Crippen LogP contribution in [0.5, 0.6) is 5.75 Å². The van der Waals surface area contributed by atoms with Crippen LogP contribution in [0.15, 0.2) is 36.5 Å². The third-order valence-electron chi connectivity index (χ3n) is 3.31. The Morgan fingerprint density at radius 2 is 2.16 bits per heavy atom. The normalized spacial score (nSPS) is 12.4. The van der Waals surface area contributed by atoms with Crippen molar-refractivity contribution in [3.63, 3.8) is 0 Å². The predicted octanol–water partition coefficient (Wildman–Crippen LogP) is 2.96. The highest BCUT2D eigenvalue weighted by Crippen LogP contribution is 2.20. The van der Waals surface area contributed by atoms with E-state index < -0.39 is 0 Å². The van der Waals surface area contributed by atoms with Crippen LogP contribution in [-0.4, -0.2) is 18.7 Å². The number of rotatable bonds is 5. The highest BCUT2D eigenvalue weighted by Gasteiger charge is 2.09. The van der Waals surface area contributed by atoms with E-state index in [-0.39, 0.29) is 17.6 Å². The van der Waals surface area contributed by atoms with Crippen molar-refractivity contribution in [2.45, 2.75) is 19.5 Å². The third kappa shape index (κ3) is 2.96. The molecule has 0 bridgehead atoms. The molecule has 0 fully saturated rings. The monoisotopic (exact) mass is 262 g/mol. The van der Waals surface area contributed by atoms with Gasteiger partial charge in [0.15, 0.2) is 11.6 Å². The van der Waals surface area contributed by atoms with Crippen molar-refractivity contribution in [2.75, 3.05) is 14.2 Å². The van der Waals surface area contributed by atoms with E-state index in [9.17, 15) is 4.39 Å². The number of nitrogens with zero attached hydrogens (tertiary/aromatic N) is 1. The van der Waals surface area contributed by atoms with E-state index in [1.807, 2.05) is 25.4 Å². The minimum absolute atomic E-state index is 0.262. The first kappa shape index (κ1) is 13.6. The molecule has 19 heavy (non-hydrogen) atoms. The second-order valence-electron chi connectivity index (χ2n) is 4.54. The number of aromatic nitrogens is 1. The number of benzene rings is 1. The molecule has 1 N–H and O–H groups in total. The van der Waals surface area contributed by atoms with E-state index in [0.717, 1.165) is 5.56 Å². The minimum Gasteiger partial charge on any atom is -0.494 e. The summed E-state index contributed by atoms with van der Waals surface area (Å²) in [5.41, 5.74) is 2.10. The van der Waals surface area contributed by atoms with Crippen molar-refractivity contribution >= 4 is 0 Å². The van der Waals surface area contributed by atoms with Gasteiger partial charge in [0.05, 0.1) is 7.11 Å². The van der Waals surface area contributed by atoms with Crippen LogP contribution < -0.4 is 10.1 Å². The minimum atomic E-state index is -0.324. The largest absolute Gasteiger partial charge is 0.494 e. The zero-order chi connectivity index (χ0) is 13.8. The van der Waals surface area contributed by atoms with Crippen LogP contribution in [0.3, 0.4) is 0 Å². The molecule has 4 heteroatoms. The molecule has 0 aliphatic carbocycles. The number of methoxy groups -OCH3 is 1. The Bertz CT molecular complexity index is 551. The molecule has 1 aromatic heterocycles. The Morgan fingerprint density at radius 3 is 2.79 bits per heavy atom. The summed E-state index contributed by atoms with van der Waals surface area (Å²) in [4.78, 5) is 0. The molecule has 1 unspecified atom stereocenters. The molecule has 1 atom stereocenters. The van der Waals surface area contributed by atoms with Crippen LogP contribution in [0.2, 0.25) is 0 Å². The molecule has 0 saturated carbocycles. The zero-order valence-electron chi connectivity index (χ0n) is 11.5. The average Bonchev–Trinajstić information content (AvgIpc) is 2.86. The zero-order valence-corrected chi connectivity index (χ0v) is 11.5. The molecule has 0 radical (unpaired) electrons. The molecule has 2 rings (SSSR count). The molecule has 0 spiro atoms. The summed E-state index contributed by atoms with van der Waals surface area (Å²) in [5.74, 6) is -0.0459. The van der Waals surface area contributed by atoms with Crippen LogP contribution in [0.1, 0.15) is 24.2 Å². The van der Waals surface area contributed by atoms with Crippen LogP contribution in [0.25, 0.3) is 0 Å². The van der Waals surface area contributed by atoms with Gasteiger partial charge in [0.2, 0.25) is 0 Å². The SMILES string of the molecule is CNC(C)c1cccn1Cc1ccc(OC)c(F)c1. The number of ether oxygens (including phenoxy) is 1. The molecule has 0 aliphatic heterocycles. The lowest BCUT2D eigenvalue weighted by molar-refractivity contribution is 0.386. The van der Waals surface area contributed by atoms with Gasteiger partial charge in [-0.05, 0) is 43.8 Å². The maximum absolute atomic E-state index is 13.7. The van der Waals surface area contributed by atoms with Gasteiger partial charge in [-0.15, -0.1) is 0 Å². The van der Waals surface area contributed by atoms with E-state index in [4.69, 9.17) is 4.74 Å². The van der Waals surface area contributed by atoms with Crippen LogP contribution in [0, 0.1) is 5.82 Å². The van der Waals surface area contributed by atoms with Gasteiger partial charge in [-0.25, -0.2) is 4.39 Å². The Kier molecular flexibility index (Phi) is 4.22. The topological polar surface area (TPSA) is 26.2 Å². The molecule has 0 aliphatic rings. The highest BCUT2D eigenvalue weighted by molar-refractivity contribution is 5.30. The first-order chi connectivity index (χ1) is 9.15. The van der Waals surface area contributed by atoms with E-state index in [1.54, 1.807) is 6.07 Å². The summed E-state index contributed by atoms with van der Waals surface area (Å²) in [6, 6.07) is 9.40. The highest BCUT2D eigenvalue weighted by atomic mass is 19.1. The fourth-order valence-electron chi connectivity index (χ4n) is 2.12. The predicted molar refractivity (Wildman–Crippen MR) is 74.0 cm³/mol. The second-order valence-corrected chi connectivity index (χ2v) is 4.54. The lowest BCUT2D eigenvalue weighted by Gasteiger charge is -2.15. The Labute approximate surface area is 113 Å². The van der Waals surface area contributed by atoms with Gasteiger partial charge >= 0.3 is 0 Å². The van der Waals surface area contributed by atoms with Crippen molar-refractivity contribution in [3.8, 4) is 5.75 Å². The fourth-order valence-corrected chi connectivity index (χ4v) is 2.12. The number of hydrogen-bond acceptors (Lipinski definition) is 2. The van der Waals surface area contributed by atoms with Gasteiger partial charge in [0, 0.05) is 24.5 Å². The summed E-state index contributed by atoms with van der Waals surface area (Å²) in [7, 11) is 3.39. The summed E-state index contributed by atoms with van der Waals surface area (Å²) in [6.07, 6.45) is 2.01. The van der Waals surface area contributed by atoms with Crippen molar-refractivity contribution in [2.24, 2.45) is 0 Å². The first-order valence-electron chi connectivity index (χ1n) is 6.30. The standard InChI is InChI=1S/C15H19FN2O/c1-11(17-2)14-5-4-8-18(14)10-12-6-7-15(19-3)13(16)9-12/h4-9,11,17H,10H2,1-3H3. The number of nitrogens with one attached hydrogen (secondary N) is 1. The van der Waals surface area contributed by atoms with Crippen LogP contribution >= 0.6 is 0 Å². The molecule has 3 nitrogen and oxygen atoms in total. The summed E-state index contributed by atoms with van der Waals surface area (Å²) < 4.78 is 20.7. The smallest absolute Gasteiger partial charge is 0.165 e. The van der Waals surface area contributed by atoms with Gasteiger partial charge in [-0.2, -0.15) is 0 Å². The van der Waals surface area contributed by atoms with Gasteiger partial charge in [-0.1, -0.05) is 6.07 Å². The fraction of sp³-hybridized carbons (Fsp3) is 0.333. The van der Waals surface area contributed by atoms with Crippen molar-refractivity contribution in [3.05, 3.63) is 53.6 Å². The lowest BCUT2D eigenvalue weighted by atomic mass is 10.2. The van der Waals surface area contributed by atoms with Crippen LogP contribution in [-0.2, 0) is 6.54 Å². The summed E-state index contributed by atoms with van der Waals surface area (Å²) in [6.45, 7) is 2.75. The molecule has 2 aromatic rings. The van der Waals surface area contributed by atoms with Gasteiger partial charge in [0.1, 0.15) is 0 Å². The molecule has 0 amide bonds. The Morgan fingerprint density at radius 1 is 1.37 bits per heavy atom. The second kappa shape index (κ2) is 5.89.